The molecule has 126 heavy (non-hydrogen) atoms. The van der Waals surface area contributed by atoms with Crippen LogP contribution in [0.2, 0.25) is 0 Å². The maximum Gasteiger partial charge on any atom is 0.323 e. The van der Waals surface area contributed by atoms with Gasteiger partial charge in [0.2, 0.25) is 82.7 Å². The normalized spacial score (nSPS) is 16.5. The molecule has 2 unspecified atom stereocenters. The van der Waals surface area contributed by atoms with Crippen molar-refractivity contribution < 1.29 is 82.1 Å². The van der Waals surface area contributed by atoms with Crippen LogP contribution in [0.4, 0.5) is 0 Å². The summed E-state index contributed by atoms with van der Waals surface area (Å²) < 4.78 is 1.52. The molecule has 0 spiro atoms. The van der Waals surface area contributed by atoms with Gasteiger partial charge in [-0.1, -0.05) is 116 Å². The molecule has 2 aliphatic heterocycles. The van der Waals surface area contributed by atoms with Crippen LogP contribution in [0.1, 0.15) is 162 Å². The Kier molecular flexibility index (Phi) is 40.2. The summed E-state index contributed by atoms with van der Waals surface area (Å²) in [4.78, 5) is 222. The predicted octanol–water partition coefficient (Wildman–Crippen LogP) is 1.93. The third-order valence-corrected chi connectivity index (χ3v) is 24.2. The Morgan fingerprint density at radius 3 is 1.75 bits per heavy atom. The van der Waals surface area contributed by atoms with E-state index in [2.05, 4.69) is 52.8 Å². The molecule has 2 saturated heterocycles. The standard InChI is InChI=1S/C89H133N19O17S/c1-13-15-27-72(104(11)89(125)74(28-16-14-2)105(12)86(122)68(45-58-49-106(50-77(112)113)71-29-20-18-25-61(58)71)101-80(116)63(35-36-90)97-81(117)64(93-9)44-57-48-95-62-26-19-17-24-60(57)62)83(119)98-65(41-52(3)4)79(115)94-37-40-126-51-76(111)96-67(43-56-31-33-59(109)34-32-56)85(121)103(10)55(8)78(114)99-69(46-75(92)110)88(124)108-39-22-30-73(108)84(120)102-70(47-91)82(118)100-66(42-53(5)6)87(123)107-38-21-23-54(107)7/h17-20,24-26,29,31-34,48-49,52-55,63-70,72-74,93,95,109H,13-16,21-23,27-28,30,35-47,50-51,90-91H2,1-12H3,(H2,92,110)(H,94,115)(H,96,111)(H,97,117)(H,98,119)(H,99,114)(H,100,118)(H,101,116)(H,102,120)(H,112,113)/t54?,55-,63-,64-,65-,66-,67-,68-,69-,70-,72-,73?,74-/m0/s1. The number of para-hydroxylation sites is 2. The maximum absolute atomic E-state index is 15.5. The summed E-state index contributed by atoms with van der Waals surface area (Å²) in [7, 11) is 5.83. The minimum absolute atomic E-state index is 0.00111. The van der Waals surface area contributed by atoms with E-state index in [1.807, 2.05) is 78.9 Å². The average Bonchev–Trinajstić information content (AvgIpc) is 1.62. The van der Waals surface area contributed by atoms with Crippen molar-refractivity contribution >= 4 is 122 Å². The molecule has 2 fully saturated rings. The number of hydrogen-bond acceptors (Lipinski definition) is 20. The Hall–Kier alpha value is -11.2. The number of carbonyl (C=O) groups is 15. The first-order valence-corrected chi connectivity index (χ1v) is 45.0. The quantitative estimate of drug-likeness (QED) is 0.0247. The number of aromatic nitrogens is 2. The number of aliphatic carboxylic acids is 1. The second-order valence-electron chi connectivity index (χ2n) is 33.8. The number of phenolic OH excluding ortho intramolecular Hbond substituents is 1. The minimum atomic E-state index is -1.62. The zero-order valence-electron chi connectivity index (χ0n) is 74.8. The van der Waals surface area contributed by atoms with E-state index < -0.39 is 168 Å². The van der Waals surface area contributed by atoms with Gasteiger partial charge in [-0.2, -0.15) is 11.8 Å². The summed E-state index contributed by atoms with van der Waals surface area (Å²) in [6.45, 7) is 14.5. The number of thioether (sulfide) groups is 1. The van der Waals surface area contributed by atoms with Gasteiger partial charge in [0.25, 0.3) is 0 Å². The van der Waals surface area contributed by atoms with Gasteiger partial charge in [0, 0.05) is 106 Å². The summed E-state index contributed by atoms with van der Waals surface area (Å²) >= 11 is 1.11. The van der Waals surface area contributed by atoms with Crippen molar-refractivity contribution in [3.05, 3.63) is 102 Å². The van der Waals surface area contributed by atoms with Crippen LogP contribution in [0.25, 0.3) is 21.8 Å². The number of nitrogens with two attached hydrogens (primary N) is 3. The number of carboxylic acids is 1. The lowest BCUT2D eigenvalue weighted by atomic mass is 9.99. The number of aromatic amines is 1. The first kappa shape index (κ1) is 102. The molecule has 0 bridgehead atoms. The Balaban J connectivity index is 0.994. The van der Waals surface area contributed by atoms with Crippen molar-refractivity contribution in [1.82, 2.24) is 81.9 Å². The highest BCUT2D eigenvalue weighted by atomic mass is 32.2. The van der Waals surface area contributed by atoms with E-state index in [1.54, 1.807) is 54.5 Å². The molecule has 36 nitrogen and oxygen atoms in total. The van der Waals surface area contributed by atoms with Gasteiger partial charge in [-0.3, -0.25) is 71.9 Å². The van der Waals surface area contributed by atoms with E-state index in [-0.39, 0.29) is 119 Å². The highest BCUT2D eigenvalue weighted by Crippen LogP contribution is 2.28. The van der Waals surface area contributed by atoms with Crippen LogP contribution in [-0.2, 0) is 97.7 Å². The highest BCUT2D eigenvalue weighted by molar-refractivity contribution is 7.99. The van der Waals surface area contributed by atoms with Gasteiger partial charge >= 0.3 is 5.97 Å². The number of nitrogens with one attached hydrogen (secondary N) is 10. The van der Waals surface area contributed by atoms with Crippen LogP contribution in [0.3, 0.4) is 0 Å². The van der Waals surface area contributed by atoms with Crippen molar-refractivity contribution in [2.75, 3.05) is 72.4 Å². The number of rotatable bonds is 51. The lowest BCUT2D eigenvalue weighted by molar-refractivity contribution is -0.149. The van der Waals surface area contributed by atoms with Gasteiger partial charge < -0.3 is 109 Å². The number of unbranched alkanes of at least 4 members (excludes halogenated alkanes) is 2. The Morgan fingerprint density at radius 2 is 1.13 bits per heavy atom. The number of carboxylic acid groups (broad SMARTS) is 1. The molecule has 18 N–H and O–H groups in total. The van der Waals surface area contributed by atoms with E-state index in [4.69, 9.17) is 17.2 Å². The van der Waals surface area contributed by atoms with E-state index in [9.17, 15) is 72.5 Å². The van der Waals surface area contributed by atoms with E-state index in [0.717, 1.165) is 46.0 Å². The van der Waals surface area contributed by atoms with Crippen LogP contribution in [-0.4, -0.2) is 284 Å². The number of fused-ring (bicyclic) bond motifs is 2. The molecule has 0 aliphatic carbocycles. The summed E-state index contributed by atoms with van der Waals surface area (Å²) in [5, 5.41) is 46.9. The average molecular weight is 1770 g/mol. The molecule has 3 aromatic carbocycles. The van der Waals surface area contributed by atoms with E-state index in [0.29, 0.717) is 67.1 Å². The van der Waals surface area contributed by atoms with Gasteiger partial charge in [-0.25, -0.2) is 0 Å². The van der Waals surface area contributed by atoms with Crippen LogP contribution >= 0.6 is 11.8 Å². The molecule has 5 aromatic rings. The third kappa shape index (κ3) is 28.9. The van der Waals surface area contributed by atoms with Gasteiger partial charge in [0.05, 0.1) is 18.2 Å². The summed E-state index contributed by atoms with van der Waals surface area (Å²) in [6.07, 6.45) is 7.64. The molecule has 7 rings (SSSR count). The fourth-order valence-corrected chi connectivity index (χ4v) is 16.8. The topological polar surface area (TPSA) is 520 Å². The molecular weight excluding hydrogens is 1640 g/mol. The van der Waals surface area contributed by atoms with Crippen LogP contribution in [0, 0.1) is 11.8 Å². The van der Waals surface area contributed by atoms with Crippen molar-refractivity contribution in [3.63, 3.8) is 0 Å². The molecule has 4 heterocycles. The number of H-pyrrole nitrogens is 1. The van der Waals surface area contributed by atoms with Gasteiger partial charge in [-0.15, -0.1) is 0 Å². The van der Waals surface area contributed by atoms with Gasteiger partial charge in [-0.05, 0) is 144 Å². The largest absolute Gasteiger partial charge is 0.508 e. The highest BCUT2D eigenvalue weighted by Gasteiger charge is 2.44. The molecule has 14 amide bonds. The number of primary amides is 1. The molecular formula is C89H133N19O17S. The number of benzene rings is 3. The molecule has 0 radical (unpaired) electrons. The number of carbonyl (C=O) groups excluding carboxylic acids is 14. The van der Waals surface area contributed by atoms with E-state index in [1.165, 1.54) is 59.5 Å². The van der Waals surface area contributed by atoms with E-state index >= 15 is 9.59 Å². The van der Waals surface area contributed by atoms with Crippen molar-refractivity contribution in [1.29, 1.82) is 0 Å². The number of hydrogen-bond donors (Lipinski definition) is 15. The first-order valence-electron chi connectivity index (χ1n) is 43.8. The number of amides is 14. The SMILES string of the molecule is CCCC[C@@H](C(=O)N(C)[C@@H](CCCC)C(=O)N[C@@H](CC(C)C)C(=O)NCCSCC(=O)N[C@@H](Cc1ccc(O)cc1)C(=O)N(C)[C@@H](C)C(=O)N[C@@H](CC(N)=O)C(=O)N1CCCC1C(=O)N[C@@H](CN)C(=O)N[C@@H](CC(C)C)C(=O)N1CCCC1C)N(C)C(=O)[C@H](Cc1cn(CC(=O)O)c2ccccc12)NC(=O)[C@H](CCN)NC(=O)[C@H](Cc1c[nH]c2ccccc12)NC. The van der Waals surface area contributed by atoms with Gasteiger partial charge in [0.1, 0.15) is 78.8 Å². The number of likely N-dealkylation sites (tertiary alicyclic amines) is 2. The number of aromatic hydroxyl groups is 1. The Labute approximate surface area is 741 Å². The number of nitrogens with zero attached hydrogens (tertiary/aromatic N) is 6. The zero-order chi connectivity index (χ0) is 92.8. The Morgan fingerprint density at radius 1 is 0.571 bits per heavy atom. The lowest BCUT2D eigenvalue weighted by Crippen LogP contribution is -2.60. The first-order chi connectivity index (χ1) is 59.9. The van der Waals surface area contributed by atoms with Crippen molar-refractivity contribution in [2.24, 2.45) is 29.0 Å². The maximum atomic E-state index is 15.5. The summed E-state index contributed by atoms with van der Waals surface area (Å²) in [5.74, 6) is -10.9. The van der Waals surface area contributed by atoms with Crippen molar-refractivity contribution in [3.8, 4) is 5.75 Å². The zero-order valence-corrected chi connectivity index (χ0v) is 75.6. The second kappa shape index (κ2) is 49.6. The molecule has 0 saturated carbocycles. The number of likely N-dealkylation sites (N-methyl/N-ethyl adjacent to an activating group) is 4. The monoisotopic (exact) mass is 1770 g/mol. The summed E-state index contributed by atoms with van der Waals surface area (Å²) in [5.41, 5.74) is 21.1. The molecule has 2 aromatic heterocycles. The fourth-order valence-electron chi connectivity index (χ4n) is 16.1. The van der Waals surface area contributed by atoms with Crippen LogP contribution in [0.15, 0.2) is 85.2 Å². The van der Waals surface area contributed by atoms with Gasteiger partial charge in [0.15, 0.2) is 0 Å². The Bertz CT molecular complexity index is 4580. The molecule has 2 aliphatic rings. The predicted molar refractivity (Wildman–Crippen MR) is 479 cm³/mol. The molecule has 692 valence electrons. The lowest BCUT2D eigenvalue weighted by Gasteiger charge is -2.36. The van der Waals surface area contributed by atoms with Crippen LogP contribution < -0.4 is 65.1 Å². The molecule has 37 heteroatoms. The number of phenols is 1. The van der Waals surface area contributed by atoms with Crippen LogP contribution in [0.5, 0.6) is 5.75 Å². The third-order valence-electron chi connectivity index (χ3n) is 23.3. The molecule has 13 atom stereocenters. The second-order valence-corrected chi connectivity index (χ2v) is 34.9. The smallest absolute Gasteiger partial charge is 0.323 e. The minimum Gasteiger partial charge on any atom is -0.508 e. The fraction of sp³-hybridized carbons (Fsp3) is 0.584. The van der Waals surface area contributed by atoms with Crippen molar-refractivity contribution in [2.45, 2.75) is 250 Å². The summed E-state index contributed by atoms with van der Waals surface area (Å²) in [6, 6.07) is 5.84.